The molecular weight excluding hydrogens is 266 g/mol. The molecule has 1 aromatic heterocycles. The summed E-state index contributed by atoms with van der Waals surface area (Å²) in [6.07, 6.45) is 4.73. The first-order valence-electron chi connectivity index (χ1n) is 7.21. The SMILES string of the molecule is CCCn1cncc1COc1cc(OC)ccc1[C@H](C)N. The normalized spacial score (nSPS) is 12.2. The zero-order valence-electron chi connectivity index (χ0n) is 12.9. The van der Waals surface area contributed by atoms with E-state index >= 15 is 0 Å². The number of hydrogen-bond acceptors (Lipinski definition) is 4. The molecule has 1 atom stereocenters. The average Bonchev–Trinajstić information content (AvgIpc) is 2.92. The van der Waals surface area contributed by atoms with Crippen LogP contribution < -0.4 is 15.2 Å². The van der Waals surface area contributed by atoms with Crippen molar-refractivity contribution in [3.63, 3.8) is 0 Å². The fraction of sp³-hybridized carbons (Fsp3) is 0.438. The smallest absolute Gasteiger partial charge is 0.130 e. The Morgan fingerprint density at radius 3 is 2.86 bits per heavy atom. The molecule has 0 saturated heterocycles. The predicted octanol–water partition coefficient (Wildman–Crippen LogP) is 2.90. The van der Waals surface area contributed by atoms with Gasteiger partial charge in [-0.1, -0.05) is 13.0 Å². The lowest BCUT2D eigenvalue weighted by atomic mass is 10.1. The summed E-state index contributed by atoms with van der Waals surface area (Å²) in [5, 5.41) is 0. The molecule has 2 N–H and O–H groups in total. The molecular formula is C16H23N3O2. The number of aromatic nitrogens is 2. The monoisotopic (exact) mass is 289 g/mol. The van der Waals surface area contributed by atoms with Crippen LogP contribution in [0.15, 0.2) is 30.7 Å². The lowest BCUT2D eigenvalue weighted by molar-refractivity contribution is 0.288. The van der Waals surface area contributed by atoms with Gasteiger partial charge in [0.05, 0.1) is 25.3 Å². The summed E-state index contributed by atoms with van der Waals surface area (Å²) >= 11 is 0. The Labute approximate surface area is 125 Å². The number of methoxy groups -OCH3 is 1. The van der Waals surface area contributed by atoms with Crippen LogP contribution in [0.5, 0.6) is 11.5 Å². The van der Waals surface area contributed by atoms with Gasteiger partial charge in [-0.2, -0.15) is 0 Å². The molecule has 0 saturated carbocycles. The molecule has 0 spiro atoms. The van der Waals surface area contributed by atoms with E-state index in [1.54, 1.807) is 7.11 Å². The molecule has 21 heavy (non-hydrogen) atoms. The van der Waals surface area contributed by atoms with Gasteiger partial charge in [0.25, 0.3) is 0 Å². The number of ether oxygens (including phenoxy) is 2. The van der Waals surface area contributed by atoms with E-state index in [-0.39, 0.29) is 6.04 Å². The van der Waals surface area contributed by atoms with Gasteiger partial charge in [0.2, 0.25) is 0 Å². The molecule has 0 aliphatic heterocycles. The van der Waals surface area contributed by atoms with Gasteiger partial charge in [0.1, 0.15) is 18.1 Å². The minimum Gasteiger partial charge on any atom is -0.497 e. The van der Waals surface area contributed by atoms with Gasteiger partial charge in [-0.25, -0.2) is 4.98 Å². The third-order valence-electron chi connectivity index (χ3n) is 3.35. The van der Waals surface area contributed by atoms with Crippen molar-refractivity contribution < 1.29 is 9.47 Å². The predicted molar refractivity (Wildman–Crippen MR) is 82.4 cm³/mol. The largest absolute Gasteiger partial charge is 0.497 e. The first-order valence-corrected chi connectivity index (χ1v) is 7.21. The summed E-state index contributed by atoms with van der Waals surface area (Å²) in [4.78, 5) is 4.18. The molecule has 0 aliphatic rings. The highest BCUT2D eigenvalue weighted by Gasteiger charge is 2.11. The van der Waals surface area contributed by atoms with Gasteiger partial charge in [-0.3, -0.25) is 0 Å². The Morgan fingerprint density at radius 2 is 2.19 bits per heavy atom. The molecule has 1 aromatic carbocycles. The number of nitrogens with zero attached hydrogens (tertiary/aromatic N) is 2. The molecule has 5 heteroatoms. The second-order valence-corrected chi connectivity index (χ2v) is 5.06. The Bertz CT molecular complexity index is 579. The Balaban J connectivity index is 2.16. The Morgan fingerprint density at radius 1 is 1.38 bits per heavy atom. The first-order chi connectivity index (χ1) is 10.2. The number of nitrogens with two attached hydrogens (primary N) is 1. The zero-order valence-corrected chi connectivity index (χ0v) is 12.9. The van der Waals surface area contributed by atoms with Crippen molar-refractivity contribution in [3.8, 4) is 11.5 Å². The summed E-state index contributed by atoms with van der Waals surface area (Å²) in [6, 6.07) is 5.63. The van der Waals surface area contributed by atoms with E-state index < -0.39 is 0 Å². The van der Waals surface area contributed by atoms with Gasteiger partial charge >= 0.3 is 0 Å². The van der Waals surface area contributed by atoms with E-state index in [1.165, 1.54) is 0 Å². The van der Waals surface area contributed by atoms with Crippen LogP contribution in [0, 0.1) is 0 Å². The zero-order chi connectivity index (χ0) is 15.2. The van der Waals surface area contributed by atoms with Crippen LogP contribution in [0.25, 0.3) is 0 Å². The second kappa shape index (κ2) is 7.13. The summed E-state index contributed by atoms with van der Waals surface area (Å²) in [7, 11) is 1.64. The summed E-state index contributed by atoms with van der Waals surface area (Å²) < 4.78 is 13.3. The Kier molecular flexibility index (Phi) is 5.22. The third-order valence-corrected chi connectivity index (χ3v) is 3.35. The average molecular weight is 289 g/mol. The molecule has 5 nitrogen and oxygen atoms in total. The van der Waals surface area contributed by atoms with E-state index in [4.69, 9.17) is 15.2 Å². The minimum absolute atomic E-state index is 0.0912. The van der Waals surface area contributed by atoms with Crippen molar-refractivity contribution in [2.75, 3.05) is 7.11 Å². The maximum absolute atomic E-state index is 5.99. The molecule has 0 amide bonds. The highest BCUT2D eigenvalue weighted by Crippen LogP contribution is 2.29. The maximum atomic E-state index is 5.99. The van der Waals surface area contributed by atoms with Crippen LogP contribution in [0.3, 0.4) is 0 Å². The van der Waals surface area contributed by atoms with E-state index in [1.807, 2.05) is 37.6 Å². The Hall–Kier alpha value is -2.01. The number of hydrogen-bond donors (Lipinski definition) is 1. The van der Waals surface area contributed by atoms with E-state index in [2.05, 4.69) is 16.5 Å². The molecule has 0 bridgehead atoms. The van der Waals surface area contributed by atoms with Crippen LogP contribution in [0.4, 0.5) is 0 Å². The van der Waals surface area contributed by atoms with Crippen LogP contribution in [-0.4, -0.2) is 16.7 Å². The van der Waals surface area contributed by atoms with Crippen LogP contribution in [0.2, 0.25) is 0 Å². The van der Waals surface area contributed by atoms with Crippen molar-refractivity contribution in [1.82, 2.24) is 9.55 Å². The topological polar surface area (TPSA) is 62.3 Å². The fourth-order valence-electron chi connectivity index (χ4n) is 2.21. The van der Waals surface area contributed by atoms with E-state index in [9.17, 15) is 0 Å². The molecule has 114 valence electrons. The van der Waals surface area contributed by atoms with Crippen LogP contribution >= 0.6 is 0 Å². The molecule has 0 radical (unpaired) electrons. The van der Waals surface area contributed by atoms with Crippen LogP contribution in [-0.2, 0) is 13.2 Å². The van der Waals surface area contributed by atoms with Crippen molar-refractivity contribution in [3.05, 3.63) is 42.0 Å². The highest BCUT2D eigenvalue weighted by molar-refractivity contribution is 5.42. The lowest BCUT2D eigenvalue weighted by Gasteiger charge is -2.16. The third kappa shape index (κ3) is 3.76. The van der Waals surface area contributed by atoms with E-state index in [0.717, 1.165) is 35.7 Å². The number of benzene rings is 1. The molecule has 0 aliphatic carbocycles. The standard InChI is InChI=1S/C16H23N3O2/c1-4-7-19-11-18-9-13(19)10-21-16-8-14(20-3)5-6-15(16)12(2)17/h5-6,8-9,11-12H,4,7,10,17H2,1-3H3/t12-/m0/s1. The van der Waals surface area contributed by atoms with E-state index in [0.29, 0.717) is 6.61 Å². The van der Waals surface area contributed by atoms with Gasteiger partial charge < -0.3 is 19.8 Å². The molecule has 2 aromatic rings. The summed E-state index contributed by atoms with van der Waals surface area (Å²) in [6.45, 7) is 5.49. The van der Waals surface area contributed by atoms with Gasteiger partial charge in [0, 0.05) is 24.2 Å². The van der Waals surface area contributed by atoms with Crippen molar-refractivity contribution in [2.24, 2.45) is 5.73 Å². The number of imidazole rings is 1. The molecule has 0 fully saturated rings. The molecule has 1 heterocycles. The number of rotatable bonds is 7. The quantitative estimate of drug-likeness (QED) is 0.851. The second-order valence-electron chi connectivity index (χ2n) is 5.06. The van der Waals surface area contributed by atoms with Crippen molar-refractivity contribution in [2.45, 2.75) is 39.5 Å². The summed E-state index contributed by atoms with van der Waals surface area (Å²) in [5.41, 5.74) is 8.02. The minimum atomic E-state index is -0.0912. The van der Waals surface area contributed by atoms with Crippen molar-refractivity contribution in [1.29, 1.82) is 0 Å². The van der Waals surface area contributed by atoms with Crippen LogP contribution in [0.1, 0.15) is 37.6 Å². The van der Waals surface area contributed by atoms with Gasteiger partial charge in [0.15, 0.2) is 0 Å². The van der Waals surface area contributed by atoms with Gasteiger partial charge in [-0.15, -0.1) is 0 Å². The van der Waals surface area contributed by atoms with Crippen molar-refractivity contribution >= 4 is 0 Å². The molecule has 0 unspecified atom stereocenters. The summed E-state index contributed by atoms with van der Waals surface area (Å²) in [5.74, 6) is 1.52. The fourth-order valence-corrected chi connectivity index (χ4v) is 2.21. The molecule has 2 rings (SSSR count). The number of aryl methyl sites for hydroxylation is 1. The highest BCUT2D eigenvalue weighted by atomic mass is 16.5. The lowest BCUT2D eigenvalue weighted by Crippen LogP contribution is -2.10. The van der Waals surface area contributed by atoms with Gasteiger partial charge in [-0.05, 0) is 19.4 Å². The maximum Gasteiger partial charge on any atom is 0.130 e. The first kappa shape index (κ1) is 15.4.